The average molecular weight is 259 g/mol. The van der Waals surface area contributed by atoms with Crippen LogP contribution in [0, 0.1) is 5.92 Å². The predicted molar refractivity (Wildman–Crippen MR) is 76.2 cm³/mol. The molecule has 0 heterocycles. The summed E-state index contributed by atoms with van der Waals surface area (Å²) in [6.07, 6.45) is 2.00. The SMILES string of the molecule is CCO[SiH](CCC(N)=C(C)CC(C)C)OCC. The molecule has 0 spiro atoms. The molecule has 0 atom stereocenters. The normalized spacial score (nSPS) is 13.4. The van der Waals surface area contributed by atoms with Gasteiger partial charge in [-0.3, -0.25) is 0 Å². The molecule has 0 amide bonds. The van der Waals surface area contributed by atoms with E-state index in [1.54, 1.807) is 0 Å². The van der Waals surface area contributed by atoms with E-state index in [0.717, 1.165) is 37.8 Å². The summed E-state index contributed by atoms with van der Waals surface area (Å²) in [6.45, 7) is 12.1. The Bertz CT molecular complexity index is 223. The summed E-state index contributed by atoms with van der Waals surface area (Å²) >= 11 is 0. The fraction of sp³-hybridized carbons (Fsp3) is 0.846. The fourth-order valence-electron chi connectivity index (χ4n) is 1.82. The van der Waals surface area contributed by atoms with Crippen LogP contribution in [0.4, 0.5) is 0 Å². The zero-order valence-electron chi connectivity index (χ0n) is 12.1. The molecule has 0 bridgehead atoms. The lowest BCUT2D eigenvalue weighted by atomic mass is 10.0. The lowest BCUT2D eigenvalue weighted by molar-refractivity contribution is 0.213. The molecule has 0 unspecified atom stereocenters. The van der Waals surface area contributed by atoms with Gasteiger partial charge in [-0.2, -0.15) is 0 Å². The quantitative estimate of drug-likeness (QED) is 0.648. The number of allylic oxidation sites excluding steroid dienone is 2. The molecule has 0 aliphatic rings. The van der Waals surface area contributed by atoms with Crippen LogP contribution >= 0.6 is 0 Å². The molecule has 0 fully saturated rings. The Labute approximate surface area is 108 Å². The van der Waals surface area contributed by atoms with Gasteiger partial charge in [0.1, 0.15) is 0 Å². The van der Waals surface area contributed by atoms with Gasteiger partial charge in [-0.15, -0.1) is 0 Å². The molecule has 0 saturated carbocycles. The zero-order chi connectivity index (χ0) is 13.3. The molecule has 0 aromatic carbocycles. The van der Waals surface area contributed by atoms with Gasteiger partial charge in [0, 0.05) is 18.9 Å². The van der Waals surface area contributed by atoms with E-state index in [9.17, 15) is 0 Å². The third-order valence-electron chi connectivity index (χ3n) is 2.62. The molecular formula is C13H29NO2Si. The van der Waals surface area contributed by atoms with Crippen molar-refractivity contribution in [1.82, 2.24) is 0 Å². The summed E-state index contributed by atoms with van der Waals surface area (Å²) in [5, 5.41) is 0. The highest BCUT2D eigenvalue weighted by molar-refractivity contribution is 6.44. The predicted octanol–water partition coefficient (Wildman–Crippen LogP) is 2.95. The maximum absolute atomic E-state index is 6.10. The standard InChI is InChI=1S/C13H29NO2Si/c1-6-15-17(16-7-2)9-8-13(14)12(5)10-11(3)4/h11,17H,6-10,14H2,1-5H3. The lowest BCUT2D eigenvalue weighted by Crippen LogP contribution is -2.23. The zero-order valence-corrected chi connectivity index (χ0v) is 13.2. The smallest absolute Gasteiger partial charge is 0.321 e. The van der Waals surface area contributed by atoms with E-state index in [1.165, 1.54) is 5.57 Å². The molecule has 0 saturated heterocycles. The second-order valence-electron chi connectivity index (χ2n) is 4.78. The van der Waals surface area contributed by atoms with E-state index in [-0.39, 0.29) is 0 Å². The van der Waals surface area contributed by atoms with Crippen LogP contribution in [0.5, 0.6) is 0 Å². The summed E-state index contributed by atoms with van der Waals surface area (Å²) in [6, 6.07) is 0.975. The third-order valence-corrected chi connectivity index (χ3v) is 4.79. The first kappa shape index (κ1) is 16.7. The second-order valence-corrected chi connectivity index (χ2v) is 6.89. The van der Waals surface area contributed by atoms with E-state index in [0.29, 0.717) is 5.92 Å². The van der Waals surface area contributed by atoms with Gasteiger partial charge in [-0.25, -0.2) is 0 Å². The van der Waals surface area contributed by atoms with Crippen LogP contribution in [-0.2, 0) is 8.85 Å². The maximum atomic E-state index is 6.10. The summed E-state index contributed by atoms with van der Waals surface area (Å²) < 4.78 is 11.3. The second kappa shape index (κ2) is 9.68. The monoisotopic (exact) mass is 259 g/mol. The Morgan fingerprint density at radius 3 is 2.12 bits per heavy atom. The van der Waals surface area contributed by atoms with E-state index in [2.05, 4.69) is 20.8 Å². The van der Waals surface area contributed by atoms with Crippen molar-refractivity contribution in [2.45, 2.75) is 53.5 Å². The van der Waals surface area contributed by atoms with Crippen molar-refractivity contribution in [2.24, 2.45) is 11.7 Å². The molecule has 0 rings (SSSR count). The van der Waals surface area contributed by atoms with Crippen molar-refractivity contribution in [1.29, 1.82) is 0 Å². The number of hydrogen-bond acceptors (Lipinski definition) is 3. The first-order chi connectivity index (χ1) is 8.01. The molecule has 0 aromatic rings. The molecule has 4 heteroatoms. The third kappa shape index (κ3) is 8.41. The van der Waals surface area contributed by atoms with Crippen LogP contribution in [0.1, 0.15) is 47.5 Å². The van der Waals surface area contributed by atoms with Crippen LogP contribution in [0.2, 0.25) is 6.04 Å². The molecule has 102 valence electrons. The highest BCUT2D eigenvalue weighted by atomic mass is 28.3. The van der Waals surface area contributed by atoms with E-state index in [1.807, 2.05) is 13.8 Å². The summed E-state index contributed by atoms with van der Waals surface area (Å²) in [5.74, 6) is 0.667. The van der Waals surface area contributed by atoms with Gasteiger partial charge in [0.2, 0.25) is 0 Å². The molecule has 3 nitrogen and oxygen atoms in total. The molecule has 0 radical (unpaired) electrons. The van der Waals surface area contributed by atoms with Crippen molar-refractivity contribution < 1.29 is 8.85 Å². The summed E-state index contributed by atoms with van der Waals surface area (Å²) in [4.78, 5) is 0. The van der Waals surface area contributed by atoms with Gasteiger partial charge in [-0.05, 0) is 45.6 Å². The summed E-state index contributed by atoms with van der Waals surface area (Å²) in [5.41, 5.74) is 8.44. The first-order valence-corrected chi connectivity index (χ1v) is 8.44. The van der Waals surface area contributed by atoms with E-state index < -0.39 is 9.28 Å². The number of hydrogen-bond donors (Lipinski definition) is 1. The van der Waals surface area contributed by atoms with Gasteiger partial charge in [0.15, 0.2) is 0 Å². The Morgan fingerprint density at radius 2 is 1.71 bits per heavy atom. The Morgan fingerprint density at radius 1 is 1.18 bits per heavy atom. The van der Waals surface area contributed by atoms with Crippen LogP contribution in [0.15, 0.2) is 11.3 Å². The first-order valence-electron chi connectivity index (χ1n) is 6.68. The minimum absolute atomic E-state index is 0.667. The average Bonchev–Trinajstić information content (AvgIpc) is 2.25. The van der Waals surface area contributed by atoms with Gasteiger partial charge in [0.25, 0.3) is 0 Å². The lowest BCUT2D eigenvalue weighted by Gasteiger charge is -2.16. The van der Waals surface area contributed by atoms with Crippen molar-refractivity contribution in [3.8, 4) is 0 Å². The van der Waals surface area contributed by atoms with Crippen molar-refractivity contribution in [3.63, 3.8) is 0 Å². The van der Waals surface area contributed by atoms with Gasteiger partial charge in [0.05, 0.1) is 0 Å². The number of nitrogens with two attached hydrogens (primary N) is 1. The van der Waals surface area contributed by atoms with E-state index >= 15 is 0 Å². The van der Waals surface area contributed by atoms with Gasteiger partial charge < -0.3 is 14.6 Å². The Balaban J connectivity index is 4.13. The topological polar surface area (TPSA) is 44.5 Å². The largest absolute Gasteiger partial charge is 0.402 e. The van der Waals surface area contributed by atoms with Crippen LogP contribution < -0.4 is 5.73 Å². The molecular weight excluding hydrogens is 230 g/mol. The fourth-order valence-corrected chi connectivity index (χ4v) is 3.54. The molecule has 0 aromatic heterocycles. The molecule has 0 aliphatic heterocycles. The minimum atomic E-state index is -1.48. The highest BCUT2D eigenvalue weighted by Crippen LogP contribution is 2.16. The van der Waals surface area contributed by atoms with Crippen molar-refractivity contribution >= 4 is 9.28 Å². The highest BCUT2D eigenvalue weighted by Gasteiger charge is 2.13. The van der Waals surface area contributed by atoms with Crippen LogP contribution in [0.3, 0.4) is 0 Å². The van der Waals surface area contributed by atoms with E-state index in [4.69, 9.17) is 14.6 Å². The summed E-state index contributed by atoms with van der Waals surface area (Å²) in [7, 11) is -1.48. The number of rotatable bonds is 9. The van der Waals surface area contributed by atoms with Crippen LogP contribution in [-0.4, -0.2) is 22.5 Å². The molecule has 0 aliphatic carbocycles. The molecule has 17 heavy (non-hydrogen) atoms. The Kier molecular flexibility index (Phi) is 9.50. The Hall–Kier alpha value is -0.323. The maximum Gasteiger partial charge on any atom is 0.321 e. The van der Waals surface area contributed by atoms with Gasteiger partial charge >= 0.3 is 9.28 Å². The minimum Gasteiger partial charge on any atom is -0.402 e. The molecule has 2 N–H and O–H groups in total. The van der Waals surface area contributed by atoms with Crippen molar-refractivity contribution in [3.05, 3.63) is 11.3 Å². The van der Waals surface area contributed by atoms with Gasteiger partial charge in [-0.1, -0.05) is 19.4 Å². The van der Waals surface area contributed by atoms with Crippen molar-refractivity contribution in [2.75, 3.05) is 13.2 Å². The van der Waals surface area contributed by atoms with Crippen LogP contribution in [0.25, 0.3) is 0 Å².